The molecule has 0 radical (unpaired) electrons. The molecular weight excluding hydrogens is 222 g/mol. The third-order valence-corrected chi connectivity index (χ3v) is 3.17. The Morgan fingerprint density at radius 2 is 2.00 bits per heavy atom. The molecule has 1 fully saturated rings. The summed E-state index contributed by atoms with van der Waals surface area (Å²) < 4.78 is 5.23. The monoisotopic (exact) mass is 243 g/mol. The number of nitrogens with zero attached hydrogens (tertiary/aromatic N) is 1. The van der Waals surface area contributed by atoms with Crippen LogP contribution in [0.1, 0.15) is 33.1 Å². The number of carboxylic acids is 1. The molecule has 1 N–H and O–H groups in total. The van der Waals surface area contributed by atoms with Gasteiger partial charge in [0.1, 0.15) is 6.04 Å². The van der Waals surface area contributed by atoms with Crippen LogP contribution in [-0.4, -0.2) is 47.7 Å². The molecule has 1 aliphatic heterocycles. The molecule has 1 heterocycles. The molecule has 5 nitrogen and oxygen atoms in total. The van der Waals surface area contributed by atoms with Crippen LogP contribution in [-0.2, 0) is 14.3 Å². The van der Waals surface area contributed by atoms with Crippen molar-refractivity contribution in [3.8, 4) is 0 Å². The Kier molecular flexibility index (Phi) is 5.41. The topological polar surface area (TPSA) is 66.8 Å². The van der Waals surface area contributed by atoms with E-state index in [0.717, 1.165) is 6.42 Å². The molecule has 0 saturated carbocycles. The number of carbonyl (C=O) groups excluding carboxylic acids is 1. The SMILES string of the molecule is CCCN(C(C)=O)C(C(=O)O)C1CCOCC1. The summed E-state index contributed by atoms with van der Waals surface area (Å²) in [7, 11) is 0. The van der Waals surface area contributed by atoms with Gasteiger partial charge in [-0.3, -0.25) is 4.79 Å². The van der Waals surface area contributed by atoms with Crippen molar-refractivity contribution in [2.24, 2.45) is 5.92 Å². The molecule has 0 aromatic carbocycles. The van der Waals surface area contributed by atoms with Crippen molar-refractivity contribution in [3.63, 3.8) is 0 Å². The fourth-order valence-corrected chi connectivity index (χ4v) is 2.35. The summed E-state index contributed by atoms with van der Waals surface area (Å²) >= 11 is 0. The van der Waals surface area contributed by atoms with Crippen LogP contribution in [0.15, 0.2) is 0 Å². The van der Waals surface area contributed by atoms with Crippen LogP contribution in [0.4, 0.5) is 0 Å². The van der Waals surface area contributed by atoms with E-state index < -0.39 is 12.0 Å². The maximum atomic E-state index is 11.6. The predicted molar refractivity (Wildman–Crippen MR) is 62.6 cm³/mol. The molecule has 1 saturated heterocycles. The van der Waals surface area contributed by atoms with E-state index in [1.165, 1.54) is 11.8 Å². The summed E-state index contributed by atoms with van der Waals surface area (Å²) in [5, 5.41) is 9.34. The molecule has 98 valence electrons. The second-order valence-electron chi connectivity index (χ2n) is 4.45. The first kappa shape index (κ1) is 14.0. The minimum atomic E-state index is -0.902. The zero-order valence-corrected chi connectivity index (χ0v) is 10.5. The number of hydrogen-bond donors (Lipinski definition) is 1. The Labute approximate surface area is 102 Å². The second-order valence-corrected chi connectivity index (χ2v) is 4.45. The number of amides is 1. The lowest BCUT2D eigenvalue weighted by molar-refractivity contribution is -0.153. The Morgan fingerprint density at radius 3 is 2.41 bits per heavy atom. The standard InChI is InChI=1S/C12H21NO4/c1-3-6-13(9(2)14)11(12(15)16)10-4-7-17-8-5-10/h10-11H,3-8H2,1-2H3,(H,15,16). The van der Waals surface area contributed by atoms with E-state index in [0.29, 0.717) is 32.6 Å². The number of ether oxygens (including phenoxy) is 1. The molecule has 0 aromatic rings. The highest BCUT2D eigenvalue weighted by Gasteiger charge is 2.35. The molecule has 0 aliphatic carbocycles. The molecular formula is C12H21NO4. The van der Waals surface area contributed by atoms with Gasteiger partial charge in [0.15, 0.2) is 0 Å². The van der Waals surface area contributed by atoms with Crippen LogP contribution in [0.25, 0.3) is 0 Å². The largest absolute Gasteiger partial charge is 0.480 e. The molecule has 17 heavy (non-hydrogen) atoms. The van der Waals surface area contributed by atoms with E-state index in [1.54, 1.807) is 0 Å². The van der Waals surface area contributed by atoms with Gasteiger partial charge >= 0.3 is 5.97 Å². The summed E-state index contributed by atoms with van der Waals surface area (Å²) in [6.07, 6.45) is 2.20. The van der Waals surface area contributed by atoms with E-state index in [2.05, 4.69) is 0 Å². The Hall–Kier alpha value is -1.10. The highest BCUT2D eigenvalue weighted by Crippen LogP contribution is 2.23. The summed E-state index contributed by atoms with van der Waals surface area (Å²) in [5.41, 5.74) is 0. The minimum Gasteiger partial charge on any atom is -0.480 e. The van der Waals surface area contributed by atoms with Crippen molar-refractivity contribution < 1.29 is 19.4 Å². The quantitative estimate of drug-likeness (QED) is 0.786. The van der Waals surface area contributed by atoms with Gasteiger partial charge in [0.2, 0.25) is 5.91 Å². The first-order valence-electron chi connectivity index (χ1n) is 6.15. The summed E-state index contributed by atoms with van der Waals surface area (Å²) in [5.74, 6) is -1.05. The zero-order valence-electron chi connectivity index (χ0n) is 10.5. The maximum absolute atomic E-state index is 11.6. The number of carboxylic acid groups (broad SMARTS) is 1. The lowest BCUT2D eigenvalue weighted by Crippen LogP contribution is -2.50. The van der Waals surface area contributed by atoms with E-state index in [1.807, 2.05) is 6.92 Å². The molecule has 1 aliphatic rings. The van der Waals surface area contributed by atoms with Crippen molar-refractivity contribution in [1.82, 2.24) is 4.90 Å². The fourth-order valence-electron chi connectivity index (χ4n) is 2.35. The van der Waals surface area contributed by atoms with Gasteiger partial charge in [-0.2, -0.15) is 0 Å². The van der Waals surface area contributed by atoms with Gasteiger partial charge in [-0.1, -0.05) is 6.92 Å². The molecule has 5 heteroatoms. The molecule has 0 aromatic heterocycles. The molecule has 1 rings (SSSR count). The zero-order chi connectivity index (χ0) is 12.8. The van der Waals surface area contributed by atoms with Crippen LogP contribution in [0.2, 0.25) is 0 Å². The normalized spacial score (nSPS) is 18.7. The van der Waals surface area contributed by atoms with Gasteiger partial charge in [-0.25, -0.2) is 4.79 Å². The van der Waals surface area contributed by atoms with Crippen molar-refractivity contribution in [2.45, 2.75) is 39.2 Å². The van der Waals surface area contributed by atoms with Crippen LogP contribution < -0.4 is 0 Å². The Bertz CT molecular complexity index is 274. The van der Waals surface area contributed by atoms with Gasteiger partial charge in [0.25, 0.3) is 0 Å². The number of aliphatic carboxylic acids is 1. The van der Waals surface area contributed by atoms with E-state index in [9.17, 15) is 14.7 Å². The predicted octanol–water partition coefficient (Wildman–Crippen LogP) is 1.12. The molecule has 1 atom stereocenters. The second kappa shape index (κ2) is 6.59. The Balaban J connectivity index is 2.80. The van der Waals surface area contributed by atoms with Crippen LogP contribution >= 0.6 is 0 Å². The van der Waals surface area contributed by atoms with Gasteiger partial charge < -0.3 is 14.7 Å². The van der Waals surface area contributed by atoms with E-state index >= 15 is 0 Å². The van der Waals surface area contributed by atoms with Gasteiger partial charge in [0.05, 0.1) is 0 Å². The lowest BCUT2D eigenvalue weighted by atomic mass is 9.90. The summed E-state index contributed by atoms with van der Waals surface area (Å²) in [4.78, 5) is 24.4. The summed E-state index contributed by atoms with van der Waals surface area (Å²) in [6.45, 7) is 5.06. The van der Waals surface area contributed by atoms with Gasteiger partial charge in [-0.15, -0.1) is 0 Å². The van der Waals surface area contributed by atoms with E-state index in [4.69, 9.17) is 4.74 Å². The highest BCUT2D eigenvalue weighted by atomic mass is 16.5. The van der Waals surface area contributed by atoms with Gasteiger partial charge in [-0.05, 0) is 25.2 Å². The number of rotatable bonds is 5. The molecule has 1 amide bonds. The highest BCUT2D eigenvalue weighted by molar-refractivity contribution is 5.82. The first-order chi connectivity index (χ1) is 8.07. The van der Waals surface area contributed by atoms with Crippen molar-refractivity contribution in [2.75, 3.05) is 19.8 Å². The average molecular weight is 243 g/mol. The maximum Gasteiger partial charge on any atom is 0.326 e. The smallest absolute Gasteiger partial charge is 0.326 e. The third kappa shape index (κ3) is 3.70. The Morgan fingerprint density at radius 1 is 1.41 bits per heavy atom. The molecule has 1 unspecified atom stereocenters. The van der Waals surface area contributed by atoms with Crippen LogP contribution in [0.3, 0.4) is 0 Å². The molecule has 0 spiro atoms. The number of carbonyl (C=O) groups is 2. The average Bonchev–Trinajstić information content (AvgIpc) is 2.29. The molecule has 0 bridgehead atoms. The fraction of sp³-hybridized carbons (Fsp3) is 0.833. The first-order valence-corrected chi connectivity index (χ1v) is 6.15. The summed E-state index contributed by atoms with van der Waals surface area (Å²) in [6, 6.07) is -0.698. The van der Waals surface area contributed by atoms with Crippen molar-refractivity contribution in [3.05, 3.63) is 0 Å². The van der Waals surface area contributed by atoms with Crippen LogP contribution in [0.5, 0.6) is 0 Å². The number of hydrogen-bond acceptors (Lipinski definition) is 3. The lowest BCUT2D eigenvalue weighted by Gasteiger charge is -2.35. The van der Waals surface area contributed by atoms with E-state index in [-0.39, 0.29) is 11.8 Å². The van der Waals surface area contributed by atoms with Crippen molar-refractivity contribution >= 4 is 11.9 Å². The van der Waals surface area contributed by atoms with Crippen molar-refractivity contribution in [1.29, 1.82) is 0 Å². The van der Waals surface area contributed by atoms with Crippen LogP contribution in [0, 0.1) is 5.92 Å². The minimum absolute atomic E-state index is 0.0108. The third-order valence-electron chi connectivity index (χ3n) is 3.17. The van der Waals surface area contributed by atoms with Gasteiger partial charge in [0, 0.05) is 26.7 Å².